The molecule has 0 radical (unpaired) electrons. The third kappa shape index (κ3) is 3.53. The van der Waals surface area contributed by atoms with Crippen LogP contribution >= 0.6 is 11.8 Å². The second kappa shape index (κ2) is 4.72. The number of rotatable bonds is 3. The number of hydrogen-bond acceptors (Lipinski definition) is 1. The van der Waals surface area contributed by atoms with Gasteiger partial charge in [0.2, 0.25) is 0 Å². The van der Waals surface area contributed by atoms with Crippen LogP contribution in [0.25, 0.3) is 0 Å². The van der Waals surface area contributed by atoms with Crippen LogP contribution in [0.5, 0.6) is 0 Å². The van der Waals surface area contributed by atoms with Crippen LogP contribution in [-0.4, -0.2) is 11.0 Å². The first-order valence-corrected chi connectivity index (χ1v) is 6.70. The van der Waals surface area contributed by atoms with Crippen LogP contribution in [0.2, 0.25) is 0 Å². The third-order valence-electron chi connectivity index (χ3n) is 3.29. The molecule has 1 aliphatic heterocycles. The summed E-state index contributed by atoms with van der Waals surface area (Å²) in [7, 11) is 0. The highest BCUT2D eigenvalue weighted by Crippen LogP contribution is 2.38. The van der Waals surface area contributed by atoms with E-state index in [-0.39, 0.29) is 0 Å². The molecule has 0 amide bonds. The van der Waals surface area contributed by atoms with Crippen LogP contribution in [-0.2, 0) is 0 Å². The Morgan fingerprint density at radius 1 is 1.38 bits per heavy atom. The van der Waals surface area contributed by atoms with Crippen LogP contribution in [0.15, 0.2) is 0 Å². The van der Waals surface area contributed by atoms with E-state index in [4.69, 9.17) is 0 Å². The molecule has 1 fully saturated rings. The van der Waals surface area contributed by atoms with Gasteiger partial charge in [-0.3, -0.25) is 0 Å². The van der Waals surface area contributed by atoms with Gasteiger partial charge in [0.25, 0.3) is 0 Å². The highest BCUT2D eigenvalue weighted by Gasteiger charge is 2.27. The Morgan fingerprint density at radius 2 is 2.08 bits per heavy atom. The molecule has 78 valence electrons. The van der Waals surface area contributed by atoms with Crippen molar-refractivity contribution < 1.29 is 0 Å². The lowest BCUT2D eigenvalue weighted by Gasteiger charge is -2.31. The molecule has 2 unspecified atom stereocenters. The molecule has 1 heteroatoms. The van der Waals surface area contributed by atoms with E-state index in [1.165, 1.54) is 31.4 Å². The Kier molecular flexibility index (Phi) is 4.15. The van der Waals surface area contributed by atoms with E-state index in [0.29, 0.717) is 5.41 Å². The van der Waals surface area contributed by atoms with E-state index in [9.17, 15) is 0 Å². The van der Waals surface area contributed by atoms with Gasteiger partial charge in [0, 0.05) is 5.25 Å². The van der Waals surface area contributed by atoms with Gasteiger partial charge in [0.1, 0.15) is 0 Å². The zero-order valence-electron chi connectivity index (χ0n) is 9.60. The molecular weight excluding hydrogens is 176 g/mol. The lowest BCUT2D eigenvalue weighted by Crippen LogP contribution is -2.22. The van der Waals surface area contributed by atoms with Crippen molar-refractivity contribution >= 4 is 11.8 Å². The van der Waals surface area contributed by atoms with E-state index < -0.39 is 0 Å². The lowest BCUT2D eigenvalue weighted by molar-refractivity contribution is 0.217. The summed E-state index contributed by atoms with van der Waals surface area (Å²) >= 11 is 2.20. The fourth-order valence-corrected chi connectivity index (χ4v) is 3.65. The topological polar surface area (TPSA) is 0 Å². The van der Waals surface area contributed by atoms with Crippen molar-refractivity contribution in [3.63, 3.8) is 0 Å². The largest absolute Gasteiger partial charge is 0.159 e. The molecule has 0 bridgehead atoms. The van der Waals surface area contributed by atoms with Crippen LogP contribution in [0.3, 0.4) is 0 Å². The summed E-state index contributed by atoms with van der Waals surface area (Å²) in [5, 5.41) is 0.976. The standard InChI is InChI=1S/C12H24S/c1-5-10(12(2,3)4)9-11-7-6-8-13-11/h10-11H,5-9H2,1-4H3. The summed E-state index contributed by atoms with van der Waals surface area (Å²) < 4.78 is 0. The minimum absolute atomic E-state index is 0.512. The van der Waals surface area contributed by atoms with Gasteiger partial charge in [-0.25, -0.2) is 0 Å². The predicted molar refractivity (Wildman–Crippen MR) is 63.3 cm³/mol. The first kappa shape index (κ1) is 11.4. The molecular formula is C12H24S. The van der Waals surface area contributed by atoms with E-state index in [0.717, 1.165) is 11.2 Å². The Morgan fingerprint density at radius 3 is 2.46 bits per heavy atom. The fourth-order valence-electron chi connectivity index (χ4n) is 2.28. The molecule has 1 rings (SSSR count). The fraction of sp³-hybridized carbons (Fsp3) is 1.00. The molecule has 1 heterocycles. The van der Waals surface area contributed by atoms with Crippen molar-refractivity contribution in [2.75, 3.05) is 5.75 Å². The van der Waals surface area contributed by atoms with Crippen LogP contribution in [0.4, 0.5) is 0 Å². The molecule has 2 atom stereocenters. The molecule has 1 aliphatic rings. The Hall–Kier alpha value is 0.350. The Bertz CT molecular complexity index is 140. The maximum atomic E-state index is 2.39. The van der Waals surface area contributed by atoms with Crippen LogP contribution < -0.4 is 0 Å². The molecule has 0 nitrogen and oxygen atoms in total. The highest BCUT2D eigenvalue weighted by atomic mass is 32.2. The molecule has 0 aliphatic carbocycles. The van der Waals surface area contributed by atoms with E-state index in [1.807, 2.05) is 0 Å². The quantitative estimate of drug-likeness (QED) is 0.653. The minimum Gasteiger partial charge on any atom is -0.159 e. The first-order valence-electron chi connectivity index (χ1n) is 5.65. The van der Waals surface area contributed by atoms with Crippen molar-refractivity contribution in [3.05, 3.63) is 0 Å². The summed E-state index contributed by atoms with van der Waals surface area (Å²) in [5.41, 5.74) is 0.512. The molecule has 0 aromatic carbocycles. The van der Waals surface area contributed by atoms with Gasteiger partial charge in [0.15, 0.2) is 0 Å². The minimum atomic E-state index is 0.512. The van der Waals surface area contributed by atoms with Crippen molar-refractivity contribution in [1.82, 2.24) is 0 Å². The van der Waals surface area contributed by atoms with Crippen molar-refractivity contribution in [2.45, 2.75) is 58.6 Å². The maximum Gasteiger partial charge on any atom is 0.00501 e. The average molecular weight is 200 g/mol. The lowest BCUT2D eigenvalue weighted by atomic mass is 9.76. The van der Waals surface area contributed by atoms with Crippen molar-refractivity contribution in [1.29, 1.82) is 0 Å². The van der Waals surface area contributed by atoms with Gasteiger partial charge in [-0.2, -0.15) is 11.8 Å². The van der Waals surface area contributed by atoms with Gasteiger partial charge in [-0.05, 0) is 36.3 Å². The van der Waals surface area contributed by atoms with Crippen LogP contribution in [0.1, 0.15) is 53.4 Å². The molecule has 1 saturated heterocycles. The normalized spacial score (nSPS) is 26.3. The molecule has 0 saturated carbocycles. The van der Waals surface area contributed by atoms with Crippen molar-refractivity contribution in [2.24, 2.45) is 11.3 Å². The number of thioether (sulfide) groups is 1. The second-order valence-corrected chi connectivity index (χ2v) is 6.75. The maximum absolute atomic E-state index is 2.39. The van der Waals surface area contributed by atoms with Crippen LogP contribution in [0, 0.1) is 11.3 Å². The van der Waals surface area contributed by atoms with Crippen molar-refractivity contribution in [3.8, 4) is 0 Å². The monoisotopic (exact) mass is 200 g/mol. The molecule has 13 heavy (non-hydrogen) atoms. The SMILES string of the molecule is CCC(CC1CCCS1)C(C)(C)C. The molecule has 0 N–H and O–H groups in total. The molecule has 0 aromatic rings. The van der Waals surface area contributed by atoms with E-state index in [2.05, 4.69) is 39.5 Å². The average Bonchev–Trinajstić information content (AvgIpc) is 2.49. The summed E-state index contributed by atoms with van der Waals surface area (Å²) in [4.78, 5) is 0. The molecule has 0 spiro atoms. The van der Waals surface area contributed by atoms with Gasteiger partial charge in [-0.1, -0.05) is 34.1 Å². The Balaban J connectivity index is 2.39. The van der Waals surface area contributed by atoms with Gasteiger partial charge < -0.3 is 0 Å². The summed E-state index contributed by atoms with van der Waals surface area (Å²) in [5.74, 6) is 2.33. The summed E-state index contributed by atoms with van der Waals surface area (Å²) in [6, 6.07) is 0. The predicted octanol–water partition coefficient (Wildman–Crippen LogP) is 4.34. The Labute approximate surface area is 87.9 Å². The summed E-state index contributed by atoms with van der Waals surface area (Å²) in [6.07, 6.45) is 5.72. The first-order chi connectivity index (χ1) is 6.04. The molecule has 0 aromatic heterocycles. The zero-order valence-corrected chi connectivity index (χ0v) is 10.4. The smallest absolute Gasteiger partial charge is 0.00501 e. The van der Waals surface area contributed by atoms with Gasteiger partial charge in [0.05, 0.1) is 0 Å². The summed E-state index contributed by atoms with van der Waals surface area (Å²) in [6.45, 7) is 9.51. The van der Waals surface area contributed by atoms with Gasteiger partial charge in [-0.15, -0.1) is 0 Å². The second-order valence-electron chi connectivity index (χ2n) is 5.34. The third-order valence-corrected chi connectivity index (χ3v) is 4.71. The zero-order chi connectivity index (χ0) is 9.90. The number of hydrogen-bond donors (Lipinski definition) is 0. The van der Waals surface area contributed by atoms with E-state index >= 15 is 0 Å². The van der Waals surface area contributed by atoms with E-state index in [1.54, 1.807) is 0 Å². The van der Waals surface area contributed by atoms with Gasteiger partial charge >= 0.3 is 0 Å². The highest BCUT2D eigenvalue weighted by molar-refractivity contribution is 8.00.